The number of nitrogens with one attached hydrogen (secondary N) is 1. The van der Waals surface area contributed by atoms with Crippen molar-refractivity contribution in [2.24, 2.45) is 5.92 Å². The SMILES string of the molecule is CC(C)C(=O)CC(=O)Nc1ccccc1.O. The topological polar surface area (TPSA) is 77.7 Å². The van der Waals surface area contributed by atoms with Crippen molar-refractivity contribution < 1.29 is 15.1 Å². The third-order valence-electron chi connectivity index (χ3n) is 2.04. The predicted molar refractivity (Wildman–Crippen MR) is 63.1 cm³/mol. The summed E-state index contributed by atoms with van der Waals surface area (Å²) in [4.78, 5) is 22.7. The molecule has 1 rings (SSSR count). The van der Waals surface area contributed by atoms with Crippen LogP contribution in [0.4, 0.5) is 5.69 Å². The highest BCUT2D eigenvalue weighted by molar-refractivity contribution is 6.04. The van der Waals surface area contributed by atoms with E-state index in [1.807, 2.05) is 18.2 Å². The van der Waals surface area contributed by atoms with E-state index in [9.17, 15) is 9.59 Å². The molecule has 0 aliphatic heterocycles. The Morgan fingerprint density at radius 3 is 2.25 bits per heavy atom. The molecule has 4 nitrogen and oxygen atoms in total. The Bertz CT molecular complexity index is 347. The fourth-order valence-corrected chi connectivity index (χ4v) is 1.09. The van der Waals surface area contributed by atoms with Gasteiger partial charge in [0.25, 0.3) is 0 Å². The first-order valence-electron chi connectivity index (χ1n) is 4.97. The average Bonchev–Trinajstić information content (AvgIpc) is 2.18. The molecule has 0 spiro atoms. The van der Waals surface area contributed by atoms with Crippen LogP contribution in [-0.4, -0.2) is 17.2 Å². The first-order valence-corrected chi connectivity index (χ1v) is 4.97. The first-order chi connectivity index (χ1) is 7.09. The molecule has 0 radical (unpaired) electrons. The van der Waals surface area contributed by atoms with Crippen LogP contribution >= 0.6 is 0 Å². The second kappa shape index (κ2) is 6.74. The lowest BCUT2D eigenvalue weighted by atomic mass is 10.1. The van der Waals surface area contributed by atoms with Crippen LogP contribution < -0.4 is 5.32 Å². The molecule has 0 heterocycles. The van der Waals surface area contributed by atoms with Crippen LogP contribution in [0.2, 0.25) is 0 Å². The Kier molecular flexibility index (Phi) is 6.03. The van der Waals surface area contributed by atoms with Crippen molar-refractivity contribution in [2.45, 2.75) is 20.3 Å². The van der Waals surface area contributed by atoms with E-state index in [0.29, 0.717) is 0 Å². The Hall–Kier alpha value is -1.68. The number of hydrogen-bond donors (Lipinski definition) is 1. The lowest BCUT2D eigenvalue weighted by Gasteiger charge is -2.05. The minimum Gasteiger partial charge on any atom is -0.412 e. The van der Waals surface area contributed by atoms with Crippen molar-refractivity contribution in [2.75, 3.05) is 5.32 Å². The summed E-state index contributed by atoms with van der Waals surface area (Å²) in [6.07, 6.45) is -0.0490. The molecule has 1 aromatic carbocycles. The number of anilines is 1. The van der Waals surface area contributed by atoms with Gasteiger partial charge in [-0.3, -0.25) is 9.59 Å². The minimum absolute atomic E-state index is 0. The number of rotatable bonds is 4. The molecule has 0 atom stereocenters. The smallest absolute Gasteiger partial charge is 0.231 e. The van der Waals surface area contributed by atoms with E-state index in [1.165, 1.54) is 0 Å². The maximum atomic E-state index is 11.4. The highest BCUT2D eigenvalue weighted by Crippen LogP contribution is 2.06. The van der Waals surface area contributed by atoms with E-state index in [0.717, 1.165) is 5.69 Å². The summed E-state index contributed by atoms with van der Waals surface area (Å²) in [5.74, 6) is -0.380. The van der Waals surface area contributed by atoms with Gasteiger partial charge < -0.3 is 10.8 Å². The highest BCUT2D eigenvalue weighted by Gasteiger charge is 2.12. The number of benzene rings is 1. The number of carbonyl (C=O) groups excluding carboxylic acids is 2. The number of amides is 1. The number of ketones is 1. The summed E-state index contributed by atoms with van der Waals surface area (Å²) in [6.45, 7) is 3.58. The molecule has 0 bridgehead atoms. The fraction of sp³-hybridized carbons (Fsp3) is 0.333. The maximum Gasteiger partial charge on any atom is 0.231 e. The summed E-state index contributed by atoms with van der Waals surface area (Å²) in [5.41, 5.74) is 0.721. The molecule has 88 valence electrons. The summed E-state index contributed by atoms with van der Waals surface area (Å²) in [7, 11) is 0. The van der Waals surface area contributed by atoms with Gasteiger partial charge in [0.05, 0.1) is 6.42 Å². The van der Waals surface area contributed by atoms with E-state index < -0.39 is 0 Å². The van der Waals surface area contributed by atoms with E-state index in [4.69, 9.17) is 0 Å². The van der Waals surface area contributed by atoms with Gasteiger partial charge >= 0.3 is 0 Å². The molecule has 0 aliphatic carbocycles. The molecule has 0 fully saturated rings. The number of carbonyl (C=O) groups is 2. The van der Waals surface area contributed by atoms with Crippen molar-refractivity contribution >= 4 is 17.4 Å². The molecular formula is C12H17NO3. The van der Waals surface area contributed by atoms with Crippen LogP contribution in [0, 0.1) is 5.92 Å². The van der Waals surface area contributed by atoms with Crippen molar-refractivity contribution in [1.82, 2.24) is 0 Å². The summed E-state index contributed by atoms with van der Waals surface area (Å²) >= 11 is 0. The van der Waals surface area contributed by atoms with Crippen LogP contribution in [0.1, 0.15) is 20.3 Å². The van der Waals surface area contributed by atoms with Crippen LogP contribution in [0.3, 0.4) is 0 Å². The molecule has 0 saturated heterocycles. The Labute approximate surface area is 95.0 Å². The molecule has 1 aromatic rings. The molecule has 1 amide bonds. The van der Waals surface area contributed by atoms with Gasteiger partial charge in [-0.2, -0.15) is 0 Å². The summed E-state index contributed by atoms with van der Waals surface area (Å²) in [6, 6.07) is 9.12. The van der Waals surface area contributed by atoms with Gasteiger partial charge in [0.15, 0.2) is 0 Å². The van der Waals surface area contributed by atoms with Crippen LogP contribution in [-0.2, 0) is 9.59 Å². The predicted octanol–water partition coefficient (Wildman–Crippen LogP) is 1.42. The molecule has 3 N–H and O–H groups in total. The number of hydrogen-bond acceptors (Lipinski definition) is 2. The van der Waals surface area contributed by atoms with Crippen molar-refractivity contribution in [3.8, 4) is 0 Å². The van der Waals surface area contributed by atoms with Gasteiger partial charge in [-0.05, 0) is 12.1 Å². The minimum atomic E-state index is -0.250. The van der Waals surface area contributed by atoms with Gasteiger partial charge in [0, 0.05) is 11.6 Å². The third-order valence-corrected chi connectivity index (χ3v) is 2.04. The van der Waals surface area contributed by atoms with Crippen LogP contribution in [0.25, 0.3) is 0 Å². The Morgan fingerprint density at radius 1 is 1.19 bits per heavy atom. The first kappa shape index (κ1) is 14.3. The maximum absolute atomic E-state index is 11.4. The number of para-hydroxylation sites is 1. The number of Topliss-reactive ketones (excluding diaryl/α,β-unsaturated/α-hetero) is 1. The molecule has 0 aliphatic rings. The normalized spacial score (nSPS) is 9.44. The zero-order chi connectivity index (χ0) is 11.3. The van der Waals surface area contributed by atoms with Crippen molar-refractivity contribution in [1.29, 1.82) is 0 Å². The van der Waals surface area contributed by atoms with E-state index in [-0.39, 0.29) is 29.5 Å². The van der Waals surface area contributed by atoms with Crippen molar-refractivity contribution in [3.05, 3.63) is 30.3 Å². The van der Waals surface area contributed by atoms with Crippen LogP contribution in [0.5, 0.6) is 0 Å². The Morgan fingerprint density at radius 2 is 1.75 bits per heavy atom. The van der Waals surface area contributed by atoms with Gasteiger partial charge in [-0.1, -0.05) is 32.0 Å². The largest absolute Gasteiger partial charge is 0.412 e. The fourth-order valence-electron chi connectivity index (χ4n) is 1.09. The van der Waals surface area contributed by atoms with Gasteiger partial charge in [0.2, 0.25) is 5.91 Å². The monoisotopic (exact) mass is 223 g/mol. The molecule has 0 saturated carbocycles. The lowest BCUT2D eigenvalue weighted by Crippen LogP contribution is -2.19. The molecule has 0 unspecified atom stereocenters. The van der Waals surface area contributed by atoms with Crippen molar-refractivity contribution in [3.63, 3.8) is 0 Å². The second-order valence-corrected chi connectivity index (χ2v) is 3.71. The average molecular weight is 223 g/mol. The quantitative estimate of drug-likeness (QED) is 0.783. The Balaban J connectivity index is 0.00000225. The zero-order valence-electron chi connectivity index (χ0n) is 9.49. The van der Waals surface area contributed by atoms with Crippen LogP contribution in [0.15, 0.2) is 30.3 Å². The lowest BCUT2D eigenvalue weighted by molar-refractivity contribution is -0.127. The second-order valence-electron chi connectivity index (χ2n) is 3.71. The summed E-state index contributed by atoms with van der Waals surface area (Å²) < 4.78 is 0. The summed E-state index contributed by atoms with van der Waals surface area (Å²) in [5, 5.41) is 2.67. The standard InChI is InChI=1S/C12H15NO2.H2O/c1-9(2)11(14)8-12(15)13-10-6-4-3-5-7-10;/h3-7,9H,8H2,1-2H3,(H,13,15);1H2. The third kappa shape index (κ3) is 4.70. The van der Waals surface area contributed by atoms with Gasteiger partial charge in [-0.15, -0.1) is 0 Å². The van der Waals surface area contributed by atoms with E-state index >= 15 is 0 Å². The van der Waals surface area contributed by atoms with E-state index in [2.05, 4.69) is 5.32 Å². The molecule has 4 heteroatoms. The molecule has 16 heavy (non-hydrogen) atoms. The highest BCUT2D eigenvalue weighted by atomic mass is 16.2. The van der Waals surface area contributed by atoms with Gasteiger partial charge in [0.1, 0.15) is 5.78 Å². The van der Waals surface area contributed by atoms with E-state index in [1.54, 1.807) is 26.0 Å². The molecular weight excluding hydrogens is 206 g/mol. The molecule has 0 aromatic heterocycles. The van der Waals surface area contributed by atoms with Gasteiger partial charge in [-0.25, -0.2) is 0 Å². The zero-order valence-corrected chi connectivity index (χ0v) is 9.49.